The van der Waals surface area contributed by atoms with E-state index in [9.17, 15) is 18.0 Å². The van der Waals surface area contributed by atoms with Crippen LogP contribution in [0.25, 0.3) is 0 Å². The summed E-state index contributed by atoms with van der Waals surface area (Å²) in [6.07, 6.45) is -5.80. The van der Waals surface area contributed by atoms with Crippen LogP contribution in [-0.2, 0) is 31.8 Å². The van der Waals surface area contributed by atoms with Crippen molar-refractivity contribution in [3.8, 4) is 11.5 Å². The van der Waals surface area contributed by atoms with Crippen LogP contribution in [0, 0.1) is 0 Å². The van der Waals surface area contributed by atoms with Crippen LogP contribution in [0.4, 0.5) is 18.9 Å². The van der Waals surface area contributed by atoms with Crippen LogP contribution in [-0.4, -0.2) is 41.1 Å². The molecule has 1 amide bonds. The molecule has 0 unspecified atom stereocenters. The Morgan fingerprint density at radius 2 is 1.62 bits per heavy atom. The molecular formula is C22H26F3NO6. The molecule has 0 aromatic heterocycles. The van der Waals surface area contributed by atoms with Gasteiger partial charge in [0.15, 0.2) is 13.1 Å². The van der Waals surface area contributed by atoms with Gasteiger partial charge in [0.05, 0.1) is 11.1 Å². The highest BCUT2D eigenvalue weighted by atomic mass is 19.4. The zero-order valence-electron chi connectivity index (χ0n) is 18.5. The van der Waals surface area contributed by atoms with Crippen LogP contribution in [0.2, 0.25) is 0 Å². The number of hydrogen-bond donors (Lipinski definition) is 0. The first-order valence-electron chi connectivity index (χ1n) is 9.51. The highest BCUT2D eigenvalue weighted by Gasteiger charge is 2.38. The van der Waals surface area contributed by atoms with Crippen molar-refractivity contribution < 1.29 is 41.7 Å². The van der Waals surface area contributed by atoms with Gasteiger partial charge in [0.1, 0.15) is 18.1 Å². The first-order valence-corrected chi connectivity index (χ1v) is 9.51. The number of anilines is 1. The Morgan fingerprint density at radius 3 is 2.12 bits per heavy atom. The van der Waals surface area contributed by atoms with E-state index < -0.39 is 30.6 Å². The van der Waals surface area contributed by atoms with E-state index in [2.05, 4.69) is 0 Å². The number of ether oxygens (including phenoxy) is 5. The van der Waals surface area contributed by atoms with Crippen LogP contribution in [0.15, 0.2) is 36.4 Å². The summed E-state index contributed by atoms with van der Waals surface area (Å²) in [7, 11) is 5.56. The van der Waals surface area contributed by atoms with Crippen molar-refractivity contribution >= 4 is 11.6 Å². The van der Waals surface area contributed by atoms with Crippen LogP contribution >= 0.6 is 0 Å². The number of carbonyl (C=O) groups is 1. The molecule has 0 saturated carbocycles. The van der Waals surface area contributed by atoms with E-state index in [4.69, 9.17) is 23.7 Å². The minimum absolute atomic E-state index is 0.0507. The normalized spacial score (nSPS) is 11.5. The molecule has 0 heterocycles. The summed E-state index contributed by atoms with van der Waals surface area (Å²) in [6.45, 7) is 0.968. The number of hydrogen-bond acceptors (Lipinski definition) is 6. The molecule has 0 saturated heterocycles. The minimum Gasteiger partial charge on any atom is -0.489 e. The molecule has 0 aliphatic heterocycles. The van der Waals surface area contributed by atoms with Crippen LogP contribution in [0.3, 0.4) is 0 Å². The van der Waals surface area contributed by atoms with Gasteiger partial charge in [-0.1, -0.05) is 6.07 Å². The minimum atomic E-state index is -4.66. The lowest BCUT2D eigenvalue weighted by atomic mass is 10.0. The molecule has 0 fully saturated rings. The molecule has 10 heteroatoms. The molecule has 2 aromatic carbocycles. The van der Waals surface area contributed by atoms with Gasteiger partial charge in [-0.25, -0.2) is 0 Å². The predicted octanol–water partition coefficient (Wildman–Crippen LogP) is 4.54. The smallest absolute Gasteiger partial charge is 0.419 e. The maximum atomic E-state index is 13.6. The second-order valence-electron chi connectivity index (χ2n) is 6.73. The molecular weight excluding hydrogens is 431 g/mol. The van der Waals surface area contributed by atoms with Crippen molar-refractivity contribution in [3.63, 3.8) is 0 Å². The number of carbonyl (C=O) groups excluding carboxylic acids is 1. The summed E-state index contributed by atoms with van der Waals surface area (Å²) in [5.41, 5.74) is 0.121. The zero-order chi connectivity index (χ0) is 23.9. The molecule has 0 atom stereocenters. The SMILES string of the molecule is COCOc1c(C(F)(F)F)ccc(COc2ccc(N(C)C(C)=O)cc2)c1C(OC)OC. The second kappa shape index (κ2) is 11.2. The average Bonchev–Trinajstić information content (AvgIpc) is 2.76. The Morgan fingerprint density at radius 1 is 1.00 bits per heavy atom. The number of amides is 1. The topological polar surface area (TPSA) is 66.5 Å². The molecule has 176 valence electrons. The molecule has 2 aromatic rings. The van der Waals surface area contributed by atoms with E-state index in [-0.39, 0.29) is 18.1 Å². The molecule has 0 radical (unpaired) electrons. The second-order valence-corrected chi connectivity index (χ2v) is 6.73. The molecule has 32 heavy (non-hydrogen) atoms. The van der Waals surface area contributed by atoms with Gasteiger partial charge >= 0.3 is 6.18 Å². The van der Waals surface area contributed by atoms with Crippen molar-refractivity contribution in [2.45, 2.75) is 26.0 Å². The first-order chi connectivity index (χ1) is 15.1. The Hall–Kier alpha value is -2.82. The Bertz CT molecular complexity index is 898. The van der Waals surface area contributed by atoms with Gasteiger partial charge in [0.25, 0.3) is 0 Å². The Balaban J connectivity index is 2.40. The summed E-state index contributed by atoms with van der Waals surface area (Å²) >= 11 is 0. The van der Waals surface area contributed by atoms with Crippen molar-refractivity contribution in [1.82, 2.24) is 0 Å². The van der Waals surface area contributed by atoms with Gasteiger partial charge in [0, 0.05) is 46.6 Å². The third-order valence-electron chi connectivity index (χ3n) is 4.67. The molecule has 0 N–H and O–H groups in total. The van der Waals surface area contributed by atoms with Gasteiger partial charge in [-0.3, -0.25) is 4.79 Å². The predicted molar refractivity (Wildman–Crippen MR) is 111 cm³/mol. The van der Waals surface area contributed by atoms with E-state index in [0.29, 0.717) is 17.0 Å². The molecule has 7 nitrogen and oxygen atoms in total. The third kappa shape index (κ3) is 6.12. The molecule has 0 aliphatic rings. The number of rotatable bonds is 10. The molecule has 0 spiro atoms. The maximum Gasteiger partial charge on any atom is 0.419 e. The maximum absolute atomic E-state index is 13.6. The quantitative estimate of drug-likeness (QED) is 0.488. The number of halogens is 3. The fourth-order valence-corrected chi connectivity index (χ4v) is 2.96. The van der Waals surface area contributed by atoms with Crippen LogP contribution in [0.5, 0.6) is 11.5 Å². The number of alkyl halides is 3. The lowest BCUT2D eigenvalue weighted by molar-refractivity contribution is -0.141. The van der Waals surface area contributed by atoms with E-state index in [1.165, 1.54) is 39.2 Å². The zero-order valence-corrected chi connectivity index (χ0v) is 18.5. The fraction of sp³-hybridized carbons (Fsp3) is 0.409. The van der Waals surface area contributed by atoms with E-state index in [0.717, 1.165) is 6.07 Å². The monoisotopic (exact) mass is 457 g/mol. The summed E-state index contributed by atoms with van der Waals surface area (Å²) in [4.78, 5) is 12.9. The largest absolute Gasteiger partial charge is 0.489 e. The standard InChI is InChI=1S/C22H26F3NO6/c1-14(27)26(2)16-7-9-17(10-8-16)31-12-15-6-11-18(22(23,24)25)20(32-13-28-3)19(15)21(29-4)30-5/h6-11,21H,12-13H2,1-5H3. The number of nitrogens with zero attached hydrogens (tertiary/aromatic N) is 1. The van der Waals surface area contributed by atoms with Gasteiger partial charge < -0.3 is 28.6 Å². The third-order valence-corrected chi connectivity index (χ3v) is 4.67. The highest BCUT2D eigenvalue weighted by Crippen LogP contribution is 2.43. The van der Waals surface area contributed by atoms with Gasteiger partial charge in [-0.05, 0) is 30.3 Å². The number of methoxy groups -OCH3 is 3. The first kappa shape index (κ1) is 25.4. The van der Waals surface area contributed by atoms with E-state index >= 15 is 0 Å². The average molecular weight is 457 g/mol. The van der Waals surface area contributed by atoms with Crippen molar-refractivity contribution in [2.24, 2.45) is 0 Å². The fourth-order valence-electron chi connectivity index (χ4n) is 2.96. The van der Waals surface area contributed by atoms with Gasteiger partial charge in [-0.2, -0.15) is 13.2 Å². The highest BCUT2D eigenvalue weighted by molar-refractivity contribution is 5.90. The number of benzene rings is 2. The van der Waals surface area contributed by atoms with Gasteiger partial charge in [0.2, 0.25) is 5.91 Å². The van der Waals surface area contributed by atoms with Crippen LogP contribution < -0.4 is 14.4 Å². The van der Waals surface area contributed by atoms with Crippen molar-refractivity contribution in [2.75, 3.05) is 40.1 Å². The summed E-state index contributed by atoms with van der Waals surface area (Å²) in [5, 5.41) is 0. The Labute approximate surface area is 184 Å². The lowest BCUT2D eigenvalue weighted by Crippen LogP contribution is -2.22. The summed E-state index contributed by atoms with van der Waals surface area (Å²) in [5.74, 6) is -0.114. The Kier molecular flexibility index (Phi) is 8.88. The summed E-state index contributed by atoms with van der Waals surface area (Å²) < 4.78 is 67.1. The van der Waals surface area contributed by atoms with Crippen molar-refractivity contribution in [1.29, 1.82) is 0 Å². The van der Waals surface area contributed by atoms with E-state index in [1.807, 2.05) is 0 Å². The molecule has 0 aliphatic carbocycles. The summed E-state index contributed by atoms with van der Waals surface area (Å²) in [6, 6.07) is 8.92. The van der Waals surface area contributed by atoms with Crippen molar-refractivity contribution in [3.05, 3.63) is 53.1 Å². The lowest BCUT2D eigenvalue weighted by Gasteiger charge is -2.24. The van der Waals surface area contributed by atoms with Gasteiger partial charge in [-0.15, -0.1) is 0 Å². The molecule has 2 rings (SSSR count). The van der Waals surface area contributed by atoms with E-state index in [1.54, 1.807) is 31.3 Å². The molecule has 0 bridgehead atoms. The van der Waals surface area contributed by atoms with Crippen LogP contribution in [0.1, 0.15) is 29.9 Å².